The van der Waals surface area contributed by atoms with Crippen molar-refractivity contribution in [1.29, 1.82) is 0 Å². The lowest BCUT2D eigenvalue weighted by Gasteiger charge is -2.27. The number of pyridine rings is 1. The molecule has 4 heterocycles. The van der Waals surface area contributed by atoms with E-state index in [0.717, 1.165) is 60.6 Å². The maximum atomic E-state index is 12.2. The van der Waals surface area contributed by atoms with Crippen LogP contribution in [-0.2, 0) is 13.1 Å². The van der Waals surface area contributed by atoms with Crippen molar-refractivity contribution in [3.63, 3.8) is 0 Å². The molecule has 0 spiro atoms. The van der Waals surface area contributed by atoms with Gasteiger partial charge >= 0.3 is 0 Å². The van der Waals surface area contributed by atoms with Crippen molar-refractivity contribution in [3.8, 4) is 11.4 Å². The number of nitrogens with zero attached hydrogens (tertiary/aromatic N) is 2. The SMILES string of the molecule is O=C1NCc2ccnc(-c3cc4cc(CN5CCNCC5)ccc4[nH]3)c21. The predicted octanol–water partition coefficient (Wildman–Crippen LogP) is 1.88. The first-order valence-corrected chi connectivity index (χ1v) is 9.09. The van der Waals surface area contributed by atoms with Crippen LogP contribution >= 0.6 is 0 Å². The highest BCUT2D eigenvalue weighted by Crippen LogP contribution is 2.29. The summed E-state index contributed by atoms with van der Waals surface area (Å²) >= 11 is 0. The summed E-state index contributed by atoms with van der Waals surface area (Å²) in [6.45, 7) is 5.85. The lowest BCUT2D eigenvalue weighted by atomic mass is 10.1. The van der Waals surface area contributed by atoms with E-state index in [1.54, 1.807) is 6.20 Å². The summed E-state index contributed by atoms with van der Waals surface area (Å²) < 4.78 is 0. The highest BCUT2D eigenvalue weighted by Gasteiger charge is 2.24. The molecule has 0 unspecified atom stereocenters. The zero-order chi connectivity index (χ0) is 17.5. The Labute approximate surface area is 151 Å². The minimum Gasteiger partial charge on any atom is -0.353 e. The normalized spacial score (nSPS) is 17.5. The molecule has 1 aromatic carbocycles. The molecule has 132 valence electrons. The average molecular weight is 347 g/mol. The van der Waals surface area contributed by atoms with Crippen LogP contribution in [-0.4, -0.2) is 47.0 Å². The number of hydrogen-bond acceptors (Lipinski definition) is 4. The first-order valence-electron chi connectivity index (χ1n) is 9.09. The number of aromatic amines is 1. The summed E-state index contributed by atoms with van der Waals surface area (Å²) in [6, 6.07) is 10.6. The molecule has 3 aromatic rings. The van der Waals surface area contributed by atoms with Gasteiger partial charge in [0.1, 0.15) is 0 Å². The zero-order valence-electron chi connectivity index (χ0n) is 14.5. The summed E-state index contributed by atoms with van der Waals surface area (Å²) in [5.41, 5.74) is 5.72. The molecule has 0 atom stereocenters. The smallest absolute Gasteiger partial charge is 0.254 e. The van der Waals surface area contributed by atoms with E-state index in [1.807, 2.05) is 6.07 Å². The molecule has 6 heteroatoms. The molecule has 5 rings (SSSR count). The minimum absolute atomic E-state index is 0.0406. The molecule has 0 saturated carbocycles. The van der Waals surface area contributed by atoms with Crippen molar-refractivity contribution in [2.24, 2.45) is 0 Å². The van der Waals surface area contributed by atoms with Gasteiger partial charge in [-0.05, 0) is 35.4 Å². The van der Waals surface area contributed by atoms with Gasteiger partial charge in [-0.2, -0.15) is 0 Å². The Hall–Kier alpha value is -2.70. The maximum absolute atomic E-state index is 12.2. The minimum atomic E-state index is -0.0406. The number of hydrogen-bond donors (Lipinski definition) is 3. The van der Waals surface area contributed by atoms with Gasteiger partial charge in [-0.15, -0.1) is 0 Å². The fraction of sp³-hybridized carbons (Fsp3) is 0.300. The van der Waals surface area contributed by atoms with E-state index in [2.05, 4.69) is 49.8 Å². The predicted molar refractivity (Wildman–Crippen MR) is 101 cm³/mol. The van der Waals surface area contributed by atoms with Crippen LogP contribution in [0.3, 0.4) is 0 Å². The van der Waals surface area contributed by atoms with Crippen LogP contribution < -0.4 is 10.6 Å². The van der Waals surface area contributed by atoms with E-state index in [0.29, 0.717) is 12.1 Å². The van der Waals surface area contributed by atoms with Gasteiger partial charge < -0.3 is 15.6 Å². The second-order valence-electron chi connectivity index (χ2n) is 7.01. The van der Waals surface area contributed by atoms with E-state index in [4.69, 9.17) is 0 Å². The first-order chi connectivity index (χ1) is 12.8. The number of aromatic nitrogens is 2. The van der Waals surface area contributed by atoms with Gasteiger partial charge in [-0.25, -0.2) is 0 Å². The Kier molecular flexibility index (Phi) is 3.72. The van der Waals surface area contributed by atoms with Crippen molar-refractivity contribution in [2.75, 3.05) is 26.2 Å². The molecule has 26 heavy (non-hydrogen) atoms. The number of carbonyl (C=O) groups excluding carboxylic acids is 1. The molecule has 1 amide bonds. The highest BCUT2D eigenvalue weighted by atomic mass is 16.1. The quantitative estimate of drug-likeness (QED) is 0.676. The van der Waals surface area contributed by atoms with E-state index in [1.165, 1.54) is 5.56 Å². The Morgan fingerprint density at radius 2 is 2.00 bits per heavy atom. The number of H-pyrrole nitrogens is 1. The Morgan fingerprint density at radius 3 is 2.88 bits per heavy atom. The third-order valence-corrected chi connectivity index (χ3v) is 5.26. The molecule has 2 aromatic heterocycles. The average Bonchev–Trinajstić information content (AvgIpc) is 3.26. The molecule has 0 bridgehead atoms. The third kappa shape index (κ3) is 2.67. The van der Waals surface area contributed by atoms with Gasteiger partial charge in [0.05, 0.1) is 17.0 Å². The molecule has 2 aliphatic heterocycles. The first kappa shape index (κ1) is 15.5. The molecular formula is C20H21N5O. The van der Waals surface area contributed by atoms with Crippen LogP contribution in [0.4, 0.5) is 0 Å². The summed E-state index contributed by atoms with van der Waals surface area (Å²) in [5.74, 6) is -0.0406. The largest absolute Gasteiger partial charge is 0.353 e. The van der Waals surface area contributed by atoms with Gasteiger partial charge in [0, 0.05) is 56.4 Å². The fourth-order valence-corrected chi connectivity index (χ4v) is 3.91. The molecule has 1 saturated heterocycles. The lowest BCUT2D eigenvalue weighted by Crippen LogP contribution is -2.42. The van der Waals surface area contributed by atoms with Crippen LogP contribution in [0.25, 0.3) is 22.3 Å². The van der Waals surface area contributed by atoms with Crippen LogP contribution in [0, 0.1) is 0 Å². The van der Waals surface area contributed by atoms with Crippen molar-refractivity contribution >= 4 is 16.8 Å². The molecule has 1 fully saturated rings. The Bertz CT molecular complexity index is 987. The van der Waals surface area contributed by atoms with Gasteiger partial charge in [0.15, 0.2) is 0 Å². The van der Waals surface area contributed by atoms with Gasteiger partial charge in [-0.1, -0.05) is 6.07 Å². The van der Waals surface area contributed by atoms with Crippen LogP contribution in [0.2, 0.25) is 0 Å². The number of benzene rings is 1. The summed E-state index contributed by atoms with van der Waals surface area (Å²) in [7, 11) is 0. The third-order valence-electron chi connectivity index (χ3n) is 5.26. The summed E-state index contributed by atoms with van der Waals surface area (Å²) in [6.07, 6.45) is 1.77. The van der Waals surface area contributed by atoms with Gasteiger partial charge in [-0.3, -0.25) is 14.7 Å². The second kappa shape index (κ2) is 6.23. The highest BCUT2D eigenvalue weighted by molar-refractivity contribution is 6.04. The number of carbonyl (C=O) groups is 1. The van der Waals surface area contributed by atoms with E-state index in [9.17, 15) is 4.79 Å². The topological polar surface area (TPSA) is 73.1 Å². The van der Waals surface area contributed by atoms with E-state index < -0.39 is 0 Å². The number of piperazine rings is 1. The van der Waals surface area contributed by atoms with Crippen molar-refractivity contribution < 1.29 is 4.79 Å². The Balaban J connectivity index is 1.49. The second-order valence-corrected chi connectivity index (χ2v) is 7.01. The number of rotatable bonds is 3. The molecule has 2 aliphatic rings. The van der Waals surface area contributed by atoms with E-state index >= 15 is 0 Å². The zero-order valence-corrected chi connectivity index (χ0v) is 14.5. The van der Waals surface area contributed by atoms with Crippen molar-refractivity contribution in [3.05, 3.63) is 53.2 Å². The number of amides is 1. The van der Waals surface area contributed by atoms with Crippen molar-refractivity contribution in [1.82, 2.24) is 25.5 Å². The fourth-order valence-electron chi connectivity index (χ4n) is 3.91. The molecular weight excluding hydrogens is 326 g/mol. The summed E-state index contributed by atoms with van der Waals surface area (Å²) in [4.78, 5) is 22.6. The van der Waals surface area contributed by atoms with Crippen LogP contribution in [0.1, 0.15) is 21.5 Å². The lowest BCUT2D eigenvalue weighted by molar-refractivity contribution is 0.0966. The molecule has 0 aliphatic carbocycles. The van der Waals surface area contributed by atoms with Crippen LogP contribution in [0.15, 0.2) is 36.5 Å². The van der Waals surface area contributed by atoms with Gasteiger partial charge in [0.2, 0.25) is 0 Å². The maximum Gasteiger partial charge on any atom is 0.254 e. The van der Waals surface area contributed by atoms with Crippen molar-refractivity contribution in [2.45, 2.75) is 13.1 Å². The van der Waals surface area contributed by atoms with Gasteiger partial charge in [0.25, 0.3) is 5.91 Å². The Morgan fingerprint density at radius 1 is 1.12 bits per heavy atom. The van der Waals surface area contributed by atoms with E-state index in [-0.39, 0.29) is 5.91 Å². The monoisotopic (exact) mass is 347 g/mol. The summed E-state index contributed by atoms with van der Waals surface area (Å²) in [5, 5.41) is 7.43. The molecule has 0 radical (unpaired) electrons. The van der Waals surface area contributed by atoms with Crippen LogP contribution in [0.5, 0.6) is 0 Å². The number of nitrogens with one attached hydrogen (secondary N) is 3. The molecule has 3 N–H and O–H groups in total. The number of fused-ring (bicyclic) bond motifs is 2. The standard InChI is InChI=1S/C20H21N5O/c26-20-18-14(11-23-20)3-4-22-19(18)17-10-15-9-13(1-2-16(15)24-17)12-25-7-5-21-6-8-25/h1-4,9-10,21,24H,5-8,11-12H2,(H,23,26). The molecule has 6 nitrogen and oxygen atoms in total.